The van der Waals surface area contributed by atoms with Gasteiger partial charge < -0.3 is 9.73 Å². The summed E-state index contributed by atoms with van der Waals surface area (Å²) in [6.45, 7) is 0.668. The molecule has 0 spiro atoms. The maximum Gasteiger partial charge on any atom is 0.417 e. The van der Waals surface area contributed by atoms with E-state index >= 15 is 0 Å². The molecule has 0 fully saturated rings. The molecule has 2 rings (SSSR count). The van der Waals surface area contributed by atoms with Crippen molar-refractivity contribution in [1.82, 2.24) is 5.32 Å². The number of hydrogen-bond donors (Lipinski definition) is 1. The van der Waals surface area contributed by atoms with Crippen molar-refractivity contribution in [2.75, 3.05) is 13.6 Å². The molecule has 5 heteroatoms. The van der Waals surface area contributed by atoms with Gasteiger partial charge in [-0.3, -0.25) is 0 Å². The lowest BCUT2D eigenvalue weighted by Crippen LogP contribution is -2.09. The van der Waals surface area contributed by atoms with Crippen LogP contribution in [0.3, 0.4) is 0 Å². The summed E-state index contributed by atoms with van der Waals surface area (Å²) in [5.74, 6) is 0.561. The molecule has 0 amide bonds. The van der Waals surface area contributed by atoms with Crippen molar-refractivity contribution in [2.24, 2.45) is 0 Å². The van der Waals surface area contributed by atoms with Crippen molar-refractivity contribution in [3.05, 3.63) is 35.6 Å². The monoisotopic (exact) mass is 243 g/mol. The van der Waals surface area contributed by atoms with Crippen molar-refractivity contribution >= 4 is 11.0 Å². The van der Waals surface area contributed by atoms with Crippen LogP contribution in [0, 0.1) is 0 Å². The summed E-state index contributed by atoms with van der Waals surface area (Å²) >= 11 is 0. The van der Waals surface area contributed by atoms with Gasteiger partial charge in [0.1, 0.15) is 11.3 Å². The number of fused-ring (bicyclic) bond motifs is 1. The SMILES string of the molecule is CNCCc1cc2c(C(F)(F)F)cccc2o1. The normalized spacial score (nSPS) is 12.2. The van der Waals surface area contributed by atoms with Crippen LogP contribution < -0.4 is 5.32 Å². The summed E-state index contributed by atoms with van der Waals surface area (Å²) in [7, 11) is 1.78. The summed E-state index contributed by atoms with van der Waals surface area (Å²) in [6, 6.07) is 5.44. The summed E-state index contributed by atoms with van der Waals surface area (Å²) in [4.78, 5) is 0. The van der Waals surface area contributed by atoms with E-state index < -0.39 is 11.7 Å². The number of furan rings is 1. The third kappa shape index (κ3) is 2.44. The highest BCUT2D eigenvalue weighted by Crippen LogP contribution is 2.35. The predicted octanol–water partition coefficient (Wildman–Crippen LogP) is 3.21. The van der Waals surface area contributed by atoms with Crippen LogP contribution in [-0.4, -0.2) is 13.6 Å². The van der Waals surface area contributed by atoms with Crippen LogP contribution in [0.1, 0.15) is 11.3 Å². The molecule has 1 aromatic carbocycles. The number of hydrogen-bond acceptors (Lipinski definition) is 2. The molecule has 2 nitrogen and oxygen atoms in total. The second-order valence-electron chi connectivity index (χ2n) is 3.78. The Kier molecular flexibility index (Phi) is 3.11. The molecule has 0 unspecified atom stereocenters. The minimum atomic E-state index is -4.34. The summed E-state index contributed by atoms with van der Waals surface area (Å²) in [5.41, 5.74) is -0.361. The lowest BCUT2D eigenvalue weighted by Gasteiger charge is -2.06. The van der Waals surface area contributed by atoms with Crippen LogP contribution in [-0.2, 0) is 12.6 Å². The van der Waals surface area contributed by atoms with Gasteiger partial charge in [-0.2, -0.15) is 13.2 Å². The molecule has 0 saturated heterocycles. The largest absolute Gasteiger partial charge is 0.461 e. The lowest BCUT2D eigenvalue weighted by atomic mass is 10.1. The Bertz CT molecular complexity index is 516. The number of benzene rings is 1. The fourth-order valence-electron chi connectivity index (χ4n) is 1.73. The van der Waals surface area contributed by atoms with Crippen LogP contribution in [0.5, 0.6) is 0 Å². The van der Waals surface area contributed by atoms with Crippen LogP contribution in [0.15, 0.2) is 28.7 Å². The first kappa shape index (κ1) is 12.0. The van der Waals surface area contributed by atoms with E-state index in [0.717, 1.165) is 6.07 Å². The molecular weight excluding hydrogens is 231 g/mol. The minimum Gasteiger partial charge on any atom is -0.461 e. The molecule has 0 aliphatic rings. The van der Waals surface area contributed by atoms with Crippen molar-refractivity contribution < 1.29 is 17.6 Å². The Hall–Kier alpha value is -1.49. The number of halogens is 3. The third-order valence-electron chi connectivity index (χ3n) is 2.54. The number of rotatable bonds is 3. The highest BCUT2D eigenvalue weighted by Gasteiger charge is 2.33. The first-order valence-electron chi connectivity index (χ1n) is 5.25. The van der Waals surface area contributed by atoms with Crippen LogP contribution >= 0.6 is 0 Å². The van der Waals surface area contributed by atoms with Gasteiger partial charge in [-0.1, -0.05) is 6.07 Å². The predicted molar refractivity (Wildman–Crippen MR) is 58.8 cm³/mol. The second-order valence-corrected chi connectivity index (χ2v) is 3.78. The average molecular weight is 243 g/mol. The topological polar surface area (TPSA) is 25.2 Å². The molecule has 17 heavy (non-hydrogen) atoms. The standard InChI is InChI=1S/C12H12F3NO/c1-16-6-5-8-7-9-10(12(13,14)15)3-2-4-11(9)17-8/h2-4,7,16H,5-6H2,1H3. The lowest BCUT2D eigenvalue weighted by molar-refractivity contribution is -0.136. The van der Waals surface area contributed by atoms with Crippen molar-refractivity contribution in [1.29, 1.82) is 0 Å². The van der Waals surface area contributed by atoms with Gasteiger partial charge in [-0.05, 0) is 25.2 Å². The van der Waals surface area contributed by atoms with E-state index in [-0.39, 0.29) is 11.0 Å². The molecule has 0 bridgehead atoms. The Morgan fingerprint density at radius 3 is 2.71 bits per heavy atom. The molecule has 92 valence electrons. The van der Waals surface area contributed by atoms with Gasteiger partial charge in [0.05, 0.1) is 5.56 Å². The van der Waals surface area contributed by atoms with Crippen LogP contribution in [0.2, 0.25) is 0 Å². The maximum atomic E-state index is 12.7. The molecule has 0 atom stereocenters. The van der Waals surface area contributed by atoms with E-state index in [1.54, 1.807) is 13.1 Å². The zero-order chi connectivity index (χ0) is 12.5. The number of alkyl halides is 3. The van der Waals surface area contributed by atoms with Gasteiger partial charge in [0.25, 0.3) is 0 Å². The van der Waals surface area contributed by atoms with Crippen molar-refractivity contribution in [2.45, 2.75) is 12.6 Å². The zero-order valence-corrected chi connectivity index (χ0v) is 9.27. The van der Waals surface area contributed by atoms with Gasteiger partial charge in [-0.15, -0.1) is 0 Å². The smallest absolute Gasteiger partial charge is 0.417 e. The Balaban J connectivity index is 2.46. The van der Waals surface area contributed by atoms with E-state index in [1.165, 1.54) is 12.1 Å². The quantitative estimate of drug-likeness (QED) is 0.895. The molecule has 0 saturated carbocycles. The van der Waals surface area contributed by atoms with Gasteiger partial charge in [0, 0.05) is 18.4 Å². The zero-order valence-electron chi connectivity index (χ0n) is 9.27. The van der Waals surface area contributed by atoms with Gasteiger partial charge in [0.2, 0.25) is 0 Å². The van der Waals surface area contributed by atoms with Crippen LogP contribution in [0.25, 0.3) is 11.0 Å². The summed E-state index contributed by atoms with van der Waals surface area (Å²) in [6.07, 6.45) is -3.77. The molecule has 1 heterocycles. The van der Waals surface area contributed by atoms with E-state index in [0.29, 0.717) is 18.7 Å². The second kappa shape index (κ2) is 4.41. The highest BCUT2D eigenvalue weighted by atomic mass is 19.4. The van der Waals surface area contributed by atoms with E-state index in [9.17, 15) is 13.2 Å². The summed E-state index contributed by atoms with van der Waals surface area (Å²) < 4.78 is 43.5. The molecule has 1 N–H and O–H groups in total. The van der Waals surface area contributed by atoms with Gasteiger partial charge in [-0.25, -0.2) is 0 Å². The molecule has 0 radical (unpaired) electrons. The first-order valence-corrected chi connectivity index (χ1v) is 5.25. The maximum absolute atomic E-state index is 12.7. The van der Waals surface area contributed by atoms with Crippen molar-refractivity contribution in [3.8, 4) is 0 Å². The molecule has 0 aliphatic heterocycles. The van der Waals surface area contributed by atoms with E-state index in [1.807, 2.05) is 0 Å². The minimum absolute atomic E-state index is 0.131. The number of nitrogens with one attached hydrogen (secondary N) is 1. The molecule has 0 aliphatic carbocycles. The third-order valence-corrected chi connectivity index (χ3v) is 2.54. The van der Waals surface area contributed by atoms with Gasteiger partial charge >= 0.3 is 6.18 Å². The fourth-order valence-corrected chi connectivity index (χ4v) is 1.73. The Labute approximate surface area is 96.4 Å². The average Bonchev–Trinajstić information content (AvgIpc) is 2.66. The highest BCUT2D eigenvalue weighted by molar-refractivity contribution is 5.82. The first-order chi connectivity index (χ1) is 8.02. The van der Waals surface area contributed by atoms with E-state index in [4.69, 9.17) is 4.42 Å². The molecule has 2 aromatic rings. The molecular formula is C12H12F3NO. The van der Waals surface area contributed by atoms with Crippen molar-refractivity contribution in [3.63, 3.8) is 0 Å². The fraction of sp³-hybridized carbons (Fsp3) is 0.333. The van der Waals surface area contributed by atoms with E-state index in [2.05, 4.69) is 5.32 Å². The number of likely N-dealkylation sites (N-methyl/N-ethyl adjacent to an activating group) is 1. The summed E-state index contributed by atoms with van der Waals surface area (Å²) in [5, 5.41) is 3.05. The van der Waals surface area contributed by atoms with Gasteiger partial charge in [0.15, 0.2) is 0 Å². The molecule has 1 aromatic heterocycles. The Morgan fingerprint density at radius 1 is 1.29 bits per heavy atom. The van der Waals surface area contributed by atoms with Crippen LogP contribution in [0.4, 0.5) is 13.2 Å². The Morgan fingerprint density at radius 2 is 2.06 bits per heavy atom.